The minimum absolute atomic E-state index is 0.0892. The predicted molar refractivity (Wildman–Crippen MR) is 74.3 cm³/mol. The molecule has 2 saturated heterocycles. The van der Waals surface area contributed by atoms with Gasteiger partial charge in [0.15, 0.2) is 0 Å². The van der Waals surface area contributed by atoms with Crippen LogP contribution in [0.4, 0.5) is 0 Å². The Morgan fingerprint density at radius 1 is 1.37 bits per heavy atom. The Hall–Kier alpha value is -1.07. The van der Waals surface area contributed by atoms with Crippen LogP contribution in [0.2, 0.25) is 4.34 Å². The first-order valence-electron chi connectivity index (χ1n) is 6.47. The molecule has 0 spiro atoms. The van der Waals surface area contributed by atoms with Crippen LogP contribution in [0.15, 0.2) is 12.1 Å². The summed E-state index contributed by atoms with van der Waals surface area (Å²) in [6.45, 7) is 1.57. The number of hydrogen-bond donors (Lipinski definition) is 0. The summed E-state index contributed by atoms with van der Waals surface area (Å²) in [6, 6.07) is 3.64. The highest BCUT2D eigenvalue weighted by Crippen LogP contribution is 2.25. The van der Waals surface area contributed by atoms with Crippen molar-refractivity contribution < 1.29 is 9.59 Å². The van der Waals surface area contributed by atoms with Crippen molar-refractivity contribution in [2.24, 2.45) is 0 Å². The van der Waals surface area contributed by atoms with Crippen LogP contribution in [0, 0.1) is 0 Å². The lowest BCUT2D eigenvalue weighted by Crippen LogP contribution is -2.57. The fourth-order valence-corrected chi connectivity index (χ4v) is 3.86. The maximum absolute atomic E-state index is 12.3. The Kier molecular flexibility index (Phi) is 3.50. The minimum Gasteiger partial charge on any atom is -0.331 e. The molecule has 2 aliphatic rings. The molecule has 4 nitrogen and oxygen atoms in total. The molecule has 2 aliphatic heterocycles. The fourth-order valence-electron chi connectivity index (χ4n) is 2.79. The van der Waals surface area contributed by atoms with Crippen molar-refractivity contribution in [2.75, 3.05) is 19.6 Å². The van der Waals surface area contributed by atoms with Crippen LogP contribution in [0.1, 0.15) is 17.7 Å². The molecule has 6 heteroatoms. The van der Waals surface area contributed by atoms with Gasteiger partial charge in [0.25, 0.3) is 0 Å². The zero-order valence-electron chi connectivity index (χ0n) is 10.5. The molecule has 1 unspecified atom stereocenters. The van der Waals surface area contributed by atoms with Crippen molar-refractivity contribution in [3.63, 3.8) is 0 Å². The number of carbonyl (C=O) groups is 2. The van der Waals surface area contributed by atoms with Gasteiger partial charge in [-0.25, -0.2) is 0 Å². The average Bonchev–Trinajstić information content (AvgIpc) is 3.01. The number of fused-ring (bicyclic) bond motifs is 1. The van der Waals surface area contributed by atoms with Gasteiger partial charge < -0.3 is 9.80 Å². The zero-order chi connectivity index (χ0) is 13.4. The van der Waals surface area contributed by atoms with E-state index in [1.54, 1.807) is 9.80 Å². The van der Waals surface area contributed by atoms with Crippen molar-refractivity contribution in [3.05, 3.63) is 21.3 Å². The first-order chi connectivity index (χ1) is 9.15. The summed E-state index contributed by atoms with van der Waals surface area (Å²) < 4.78 is 0.762. The largest absolute Gasteiger partial charge is 0.331 e. The molecule has 0 aromatic carbocycles. The number of rotatable bonds is 3. The summed E-state index contributed by atoms with van der Waals surface area (Å²) in [6.07, 6.45) is 2.52. The van der Waals surface area contributed by atoms with Gasteiger partial charge in [-0.05, 0) is 31.4 Å². The van der Waals surface area contributed by atoms with E-state index in [0.29, 0.717) is 6.54 Å². The number of halogens is 1. The maximum Gasteiger partial charge on any atom is 0.245 e. The van der Waals surface area contributed by atoms with E-state index < -0.39 is 0 Å². The standard InChI is InChI=1S/C13H15ClN2O2S/c14-11-4-3-9(19-11)5-7-15-8-12(17)16-6-1-2-10(16)13(15)18/h3-4,10H,1-2,5-8H2. The third kappa shape index (κ3) is 2.49. The lowest BCUT2D eigenvalue weighted by Gasteiger charge is -2.36. The van der Waals surface area contributed by atoms with E-state index in [1.807, 2.05) is 12.1 Å². The van der Waals surface area contributed by atoms with Gasteiger partial charge in [-0.2, -0.15) is 0 Å². The summed E-state index contributed by atoms with van der Waals surface area (Å²) in [7, 11) is 0. The molecule has 0 radical (unpaired) electrons. The highest BCUT2D eigenvalue weighted by atomic mass is 35.5. The van der Waals surface area contributed by atoms with Crippen LogP contribution in [0.25, 0.3) is 0 Å². The third-order valence-electron chi connectivity index (χ3n) is 3.75. The molecule has 0 bridgehead atoms. The van der Waals surface area contributed by atoms with Gasteiger partial charge >= 0.3 is 0 Å². The number of piperazine rings is 1. The minimum atomic E-state index is -0.201. The molecule has 3 heterocycles. The number of nitrogens with zero attached hydrogens (tertiary/aromatic N) is 2. The normalized spacial score (nSPS) is 23.1. The average molecular weight is 299 g/mol. The van der Waals surface area contributed by atoms with E-state index in [2.05, 4.69) is 0 Å². The molecule has 2 amide bonds. The first-order valence-corrected chi connectivity index (χ1v) is 7.67. The van der Waals surface area contributed by atoms with Gasteiger partial charge in [0, 0.05) is 18.0 Å². The van der Waals surface area contributed by atoms with Crippen molar-refractivity contribution in [1.82, 2.24) is 9.80 Å². The number of hydrogen-bond acceptors (Lipinski definition) is 3. The SMILES string of the molecule is O=C1C2CCCN2C(=O)CN1CCc1ccc(Cl)s1. The lowest BCUT2D eigenvalue weighted by atomic mass is 10.1. The Balaban J connectivity index is 1.64. The molecule has 1 aromatic heterocycles. The van der Waals surface area contributed by atoms with Crippen LogP contribution in [0.5, 0.6) is 0 Å². The molecule has 1 aromatic rings. The Labute approximate surface area is 120 Å². The number of carbonyl (C=O) groups excluding carboxylic acids is 2. The quantitative estimate of drug-likeness (QED) is 0.853. The highest BCUT2D eigenvalue weighted by molar-refractivity contribution is 7.16. The van der Waals surface area contributed by atoms with Crippen LogP contribution < -0.4 is 0 Å². The van der Waals surface area contributed by atoms with Crippen molar-refractivity contribution in [3.8, 4) is 0 Å². The molecule has 3 rings (SSSR count). The number of thiophene rings is 1. The van der Waals surface area contributed by atoms with Gasteiger partial charge in [0.2, 0.25) is 11.8 Å². The third-order valence-corrected chi connectivity index (χ3v) is 5.04. The zero-order valence-corrected chi connectivity index (χ0v) is 12.0. The molecule has 0 N–H and O–H groups in total. The second-order valence-electron chi connectivity index (χ2n) is 4.96. The summed E-state index contributed by atoms with van der Waals surface area (Å²) in [4.78, 5) is 28.8. The maximum atomic E-state index is 12.3. The van der Waals surface area contributed by atoms with Crippen LogP contribution >= 0.6 is 22.9 Å². The summed E-state index contributed by atoms with van der Waals surface area (Å²) in [5, 5.41) is 0. The second-order valence-corrected chi connectivity index (χ2v) is 6.76. The molecule has 2 fully saturated rings. The van der Waals surface area contributed by atoms with Crippen LogP contribution in [-0.4, -0.2) is 47.3 Å². The van der Waals surface area contributed by atoms with Gasteiger partial charge in [-0.15, -0.1) is 11.3 Å². The fraction of sp³-hybridized carbons (Fsp3) is 0.538. The molecule has 19 heavy (non-hydrogen) atoms. The summed E-state index contributed by atoms with van der Waals surface area (Å²) >= 11 is 7.41. The van der Waals surface area contributed by atoms with E-state index in [9.17, 15) is 9.59 Å². The summed E-state index contributed by atoms with van der Waals surface area (Å²) in [5.74, 6) is 0.200. The monoisotopic (exact) mass is 298 g/mol. The Morgan fingerprint density at radius 3 is 2.95 bits per heavy atom. The van der Waals surface area contributed by atoms with Crippen LogP contribution in [0.3, 0.4) is 0 Å². The Morgan fingerprint density at radius 2 is 2.21 bits per heavy atom. The second kappa shape index (κ2) is 5.13. The predicted octanol–water partition coefficient (Wildman–Crippen LogP) is 1.78. The molecular weight excluding hydrogens is 284 g/mol. The smallest absolute Gasteiger partial charge is 0.245 e. The Bertz CT molecular complexity index is 516. The van der Waals surface area contributed by atoms with Crippen molar-refractivity contribution in [2.45, 2.75) is 25.3 Å². The molecule has 1 atom stereocenters. The van der Waals surface area contributed by atoms with Crippen molar-refractivity contribution in [1.29, 1.82) is 0 Å². The van der Waals surface area contributed by atoms with Gasteiger partial charge in [-0.3, -0.25) is 9.59 Å². The molecule has 102 valence electrons. The van der Waals surface area contributed by atoms with Gasteiger partial charge in [-0.1, -0.05) is 11.6 Å². The molecule has 0 aliphatic carbocycles. The summed E-state index contributed by atoms with van der Waals surface area (Å²) in [5.41, 5.74) is 0. The van der Waals surface area contributed by atoms with Crippen LogP contribution in [-0.2, 0) is 16.0 Å². The number of amides is 2. The van der Waals surface area contributed by atoms with E-state index in [-0.39, 0.29) is 24.4 Å². The molecule has 0 saturated carbocycles. The first kappa shape index (κ1) is 12.9. The lowest BCUT2D eigenvalue weighted by molar-refractivity contribution is -0.153. The van der Waals surface area contributed by atoms with E-state index in [0.717, 1.165) is 35.0 Å². The topological polar surface area (TPSA) is 40.6 Å². The van der Waals surface area contributed by atoms with E-state index >= 15 is 0 Å². The highest BCUT2D eigenvalue weighted by Gasteiger charge is 2.41. The van der Waals surface area contributed by atoms with E-state index in [4.69, 9.17) is 11.6 Å². The molecular formula is C13H15ClN2O2S. The van der Waals surface area contributed by atoms with Gasteiger partial charge in [0.05, 0.1) is 10.9 Å². The van der Waals surface area contributed by atoms with E-state index in [1.165, 1.54) is 11.3 Å². The van der Waals surface area contributed by atoms with Crippen molar-refractivity contribution >= 4 is 34.8 Å². The van der Waals surface area contributed by atoms with Gasteiger partial charge in [0.1, 0.15) is 6.04 Å².